The van der Waals surface area contributed by atoms with Gasteiger partial charge in [-0.25, -0.2) is 0 Å². The summed E-state index contributed by atoms with van der Waals surface area (Å²) in [6.45, 7) is 1.73. The maximum absolute atomic E-state index is 12.1. The molecule has 0 aliphatic heterocycles. The van der Waals surface area contributed by atoms with Crippen LogP contribution in [0.5, 0.6) is 5.75 Å². The number of aliphatic imine (C=N–C) groups is 1. The number of ether oxygens (including phenoxy) is 1. The van der Waals surface area contributed by atoms with Gasteiger partial charge in [0, 0.05) is 49.3 Å². The zero-order valence-corrected chi connectivity index (χ0v) is 17.4. The molecule has 0 aliphatic rings. The zero-order chi connectivity index (χ0) is 19.6. The molecule has 0 spiro atoms. The van der Waals surface area contributed by atoms with Crippen molar-refractivity contribution in [3.63, 3.8) is 0 Å². The first-order valence-electron chi connectivity index (χ1n) is 8.62. The van der Waals surface area contributed by atoms with Crippen molar-refractivity contribution in [1.29, 1.82) is 0 Å². The van der Waals surface area contributed by atoms with Crippen LogP contribution in [0.3, 0.4) is 0 Å². The number of para-hydroxylation sites is 1. The normalized spacial score (nSPS) is 11.0. The van der Waals surface area contributed by atoms with Crippen LogP contribution in [0, 0.1) is 0 Å². The molecule has 0 atom stereocenters. The Labute approximate surface area is 168 Å². The summed E-state index contributed by atoms with van der Waals surface area (Å²) in [5.41, 5.74) is 1.71. The number of methoxy groups -OCH3 is 1. The van der Waals surface area contributed by atoms with Gasteiger partial charge in [0.15, 0.2) is 5.96 Å². The van der Waals surface area contributed by atoms with E-state index >= 15 is 0 Å². The third-order valence-corrected chi connectivity index (χ3v) is 4.50. The second kappa shape index (κ2) is 10.6. The van der Waals surface area contributed by atoms with Gasteiger partial charge >= 0.3 is 0 Å². The second-order valence-corrected chi connectivity index (χ2v) is 6.82. The first-order valence-corrected chi connectivity index (χ1v) is 9.42. The van der Waals surface area contributed by atoms with Crippen LogP contribution in [0.4, 0.5) is 0 Å². The lowest BCUT2D eigenvalue weighted by Crippen LogP contribution is -2.42. The maximum Gasteiger partial charge on any atom is 0.251 e. The van der Waals surface area contributed by atoms with Gasteiger partial charge in [-0.1, -0.05) is 34.1 Å². The number of benzene rings is 2. The molecule has 0 unspecified atom stereocenters. The molecule has 7 heteroatoms. The minimum Gasteiger partial charge on any atom is -0.496 e. The Morgan fingerprint density at radius 1 is 1.11 bits per heavy atom. The van der Waals surface area contributed by atoms with Crippen LogP contribution >= 0.6 is 15.9 Å². The Hall–Kier alpha value is -2.54. The summed E-state index contributed by atoms with van der Waals surface area (Å²) >= 11 is 3.36. The van der Waals surface area contributed by atoms with E-state index in [4.69, 9.17) is 4.74 Å². The molecule has 6 nitrogen and oxygen atoms in total. The van der Waals surface area contributed by atoms with Gasteiger partial charge in [0.2, 0.25) is 0 Å². The summed E-state index contributed by atoms with van der Waals surface area (Å²) in [5, 5.41) is 6.15. The monoisotopic (exact) mass is 432 g/mol. The van der Waals surface area contributed by atoms with Gasteiger partial charge in [-0.15, -0.1) is 0 Å². The molecule has 2 aromatic carbocycles. The topological polar surface area (TPSA) is 66.0 Å². The van der Waals surface area contributed by atoms with Gasteiger partial charge in [0.05, 0.1) is 7.11 Å². The van der Waals surface area contributed by atoms with E-state index < -0.39 is 0 Å². The molecule has 0 bridgehead atoms. The average Bonchev–Trinajstić information content (AvgIpc) is 2.68. The summed E-state index contributed by atoms with van der Waals surface area (Å²) in [5.74, 6) is 1.50. The van der Waals surface area contributed by atoms with Crippen molar-refractivity contribution in [1.82, 2.24) is 15.5 Å². The lowest BCUT2D eigenvalue weighted by Gasteiger charge is -2.23. The fraction of sp³-hybridized carbons (Fsp3) is 0.300. The number of amides is 1. The van der Waals surface area contributed by atoms with Crippen molar-refractivity contribution in [2.45, 2.75) is 6.54 Å². The number of nitrogens with one attached hydrogen (secondary N) is 2. The van der Waals surface area contributed by atoms with E-state index in [2.05, 4.69) is 31.6 Å². The summed E-state index contributed by atoms with van der Waals surface area (Å²) in [6.07, 6.45) is 0. The number of carbonyl (C=O) groups is 1. The molecule has 2 rings (SSSR count). The average molecular weight is 433 g/mol. The molecular formula is C20H25BrN4O2. The second-order valence-electron chi connectivity index (χ2n) is 5.90. The maximum atomic E-state index is 12.1. The standard InChI is InChI=1S/C20H25BrN4O2/c1-22-20(25(2)14-16-6-4-5-7-18(16)27-3)24-13-12-23-19(26)15-8-10-17(21)11-9-15/h4-11H,12-14H2,1-3H3,(H,22,24)(H,23,26). The van der Waals surface area contributed by atoms with Crippen LogP contribution in [0.25, 0.3) is 0 Å². The van der Waals surface area contributed by atoms with Crippen molar-refractivity contribution in [3.8, 4) is 5.75 Å². The number of hydrogen-bond acceptors (Lipinski definition) is 3. The highest BCUT2D eigenvalue weighted by molar-refractivity contribution is 9.10. The number of nitrogens with zero attached hydrogens (tertiary/aromatic N) is 2. The SMILES string of the molecule is CN=C(NCCNC(=O)c1ccc(Br)cc1)N(C)Cc1ccccc1OC. The molecule has 27 heavy (non-hydrogen) atoms. The smallest absolute Gasteiger partial charge is 0.251 e. The van der Waals surface area contributed by atoms with Crippen LogP contribution in [0.15, 0.2) is 58.0 Å². The van der Waals surface area contributed by atoms with E-state index in [1.54, 1.807) is 26.3 Å². The molecule has 0 aromatic heterocycles. The van der Waals surface area contributed by atoms with E-state index in [0.29, 0.717) is 25.2 Å². The van der Waals surface area contributed by atoms with Gasteiger partial charge in [-0.3, -0.25) is 9.79 Å². The molecule has 2 aromatic rings. The highest BCUT2D eigenvalue weighted by Crippen LogP contribution is 2.18. The third-order valence-electron chi connectivity index (χ3n) is 3.97. The fourth-order valence-electron chi connectivity index (χ4n) is 2.60. The van der Waals surface area contributed by atoms with Crippen molar-refractivity contribution < 1.29 is 9.53 Å². The highest BCUT2D eigenvalue weighted by Gasteiger charge is 2.10. The summed E-state index contributed by atoms with van der Waals surface area (Å²) in [6, 6.07) is 15.2. The number of guanidine groups is 1. The Kier molecular flexibility index (Phi) is 8.13. The Morgan fingerprint density at radius 2 is 1.78 bits per heavy atom. The van der Waals surface area contributed by atoms with Crippen molar-refractivity contribution in [3.05, 3.63) is 64.1 Å². The first-order chi connectivity index (χ1) is 13.0. The summed E-state index contributed by atoms with van der Waals surface area (Å²) < 4.78 is 6.34. The predicted molar refractivity (Wildman–Crippen MR) is 112 cm³/mol. The number of carbonyl (C=O) groups excluding carboxylic acids is 1. The lowest BCUT2D eigenvalue weighted by atomic mass is 10.2. The quantitative estimate of drug-likeness (QED) is 0.401. The first kappa shape index (κ1) is 20.8. The molecule has 2 N–H and O–H groups in total. The molecule has 144 valence electrons. The predicted octanol–water partition coefficient (Wildman–Crippen LogP) is 2.89. The van der Waals surface area contributed by atoms with Gasteiger partial charge in [0.1, 0.15) is 5.75 Å². The fourth-order valence-corrected chi connectivity index (χ4v) is 2.87. The molecule has 0 saturated heterocycles. The van der Waals surface area contributed by atoms with Crippen molar-refractivity contribution >= 4 is 27.8 Å². The third kappa shape index (κ3) is 6.29. The van der Waals surface area contributed by atoms with E-state index in [-0.39, 0.29) is 5.91 Å². The van der Waals surface area contributed by atoms with E-state index in [1.165, 1.54) is 0 Å². The van der Waals surface area contributed by atoms with Gasteiger partial charge in [0.25, 0.3) is 5.91 Å². The van der Waals surface area contributed by atoms with E-state index in [9.17, 15) is 4.79 Å². The minimum atomic E-state index is -0.0957. The largest absolute Gasteiger partial charge is 0.496 e. The van der Waals surface area contributed by atoms with Crippen LogP contribution in [0.2, 0.25) is 0 Å². The van der Waals surface area contributed by atoms with Crippen LogP contribution in [-0.4, -0.2) is 51.1 Å². The molecular weight excluding hydrogens is 408 g/mol. The number of hydrogen-bond donors (Lipinski definition) is 2. The van der Waals surface area contributed by atoms with Crippen LogP contribution in [-0.2, 0) is 6.54 Å². The molecule has 0 radical (unpaired) electrons. The molecule has 0 fully saturated rings. The summed E-state index contributed by atoms with van der Waals surface area (Å²) in [7, 11) is 5.36. The minimum absolute atomic E-state index is 0.0957. The van der Waals surface area contributed by atoms with Gasteiger partial charge in [-0.2, -0.15) is 0 Å². The van der Waals surface area contributed by atoms with E-state index in [1.807, 2.05) is 48.3 Å². The van der Waals surface area contributed by atoms with Gasteiger partial charge < -0.3 is 20.3 Å². The van der Waals surface area contributed by atoms with Crippen LogP contribution in [0.1, 0.15) is 15.9 Å². The molecule has 1 amide bonds. The molecule has 0 saturated carbocycles. The van der Waals surface area contributed by atoms with Crippen LogP contribution < -0.4 is 15.4 Å². The van der Waals surface area contributed by atoms with E-state index in [0.717, 1.165) is 21.7 Å². The number of halogens is 1. The van der Waals surface area contributed by atoms with Crippen molar-refractivity contribution in [2.75, 3.05) is 34.3 Å². The Balaban J connectivity index is 1.81. The Bertz CT molecular complexity index is 778. The van der Waals surface area contributed by atoms with Gasteiger partial charge in [-0.05, 0) is 30.3 Å². The Morgan fingerprint density at radius 3 is 2.44 bits per heavy atom. The summed E-state index contributed by atoms with van der Waals surface area (Å²) in [4.78, 5) is 18.4. The lowest BCUT2D eigenvalue weighted by molar-refractivity contribution is 0.0954. The molecule has 0 heterocycles. The highest BCUT2D eigenvalue weighted by atomic mass is 79.9. The number of rotatable bonds is 7. The zero-order valence-electron chi connectivity index (χ0n) is 15.8. The molecule has 0 aliphatic carbocycles. The van der Waals surface area contributed by atoms with Crippen molar-refractivity contribution in [2.24, 2.45) is 4.99 Å².